The van der Waals surface area contributed by atoms with E-state index < -0.39 is 10.0 Å². The van der Waals surface area contributed by atoms with Crippen molar-refractivity contribution in [1.82, 2.24) is 9.21 Å². The van der Waals surface area contributed by atoms with Gasteiger partial charge in [-0.1, -0.05) is 12.1 Å². The van der Waals surface area contributed by atoms with Gasteiger partial charge in [-0.25, -0.2) is 13.6 Å². The van der Waals surface area contributed by atoms with Crippen LogP contribution in [0.4, 0.5) is 0 Å². The molecule has 3 rings (SSSR count). The van der Waals surface area contributed by atoms with Crippen LogP contribution < -0.4 is 9.88 Å². The molecule has 0 amide bonds. The van der Waals surface area contributed by atoms with Crippen LogP contribution in [0.2, 0.25) is 0 Å². The van der Waals surface area contributed by atoms with Crippen molar-refractivity contribution in [2.45, 2.75) is 15.0 Å². The highest BCUT2D eigenvalue weighted by atomic mass is 32.3. The van der Waals surface area contributed by atoms with Gasteiger partial charge in [0.15, 0.2) is 0 Å². The lowest BCUT2D eigenvalue weighted by atomic mass is 10.2. The Hall–Kier alpha value is -1.60. The van der Waals surface area contributed by atoms with E-state index in [0.29, 0.717) is 26.3 Å². The molecule has 2 heterocycles. The summed E-state index contributed by atoms with van der Waals surface area (Å²) in [5, 5.41) is 5.37. The van der Waals surface area contributed by atoms with Gasteiger partial charge in [0.1, 0.15) is 9.96 Å². The molecular formula is C21H29N3O5S3. The number of hydrogen-bond acceptors (Lipinski definition) is 9. The number of thiophene rings is 1. The van der Waals surface area contributed by atoms with E-state index in [0.717, 1.165) is 39.9 Å². The maximum absolute atomic E-state index is 11.9. The average molecular weight is 500 g/mol. The van der Waals surface area contributed by atoms with Gasteiger partial charge in [0, 0.05) is 45.1 Å². The Morgan fingerprint density at radius 2 is 1.72 bits per heavy atom. The summed E-state index contributed by atoms with van der Waals surface area (Å²) in [7, 11) is 1.27. The third-order valence-corrected chi connectivity index (χ3v) is 8.74. The first-order chi connectivity index (χ1) is 15.3. The third-order valence-electron chi connectivity index (χ3n) is 4.91. The molecule has 0 unspecified atom stereocenters. The summed E-state index contributed by atoms with van der Waals surface area (Å²) in [6, 6.07) is 9.59. The molecule has 2 aromatic rings. The summed E-state index contributed by atoms with van der Waals surface area (Å²) in [6.45, 7) is 4.08. The van der Waals surface area contributed by atoms with Crippen molar-refractivity contribution in [2.75, 3.05) is 54.2 Å². The Morgan fingerprint density at radius 1 is 1.06 bits per heavy atom. The van der Waals surface area contributed by atoms with E-state index >= 15 is 0 Å². The van der Waals surface area contributed by atoms with Crippen LogP contribution in [-0.4, -0.2) is 71.8 Å². The smallest absolute Gasteiger partial charge is 0.247 e. The molecule has 0 bridgehead atoms. The first kappa shape index (κ1) is 25.0. The van der Waals surface area contributed by atoms with E-state index in [4.69, 9.17) is 19.3 Å². The van der Waals surface area contributed by atoms with Crippen molar-refractivity contribution in [2.24, 2.45) is 5.14 Å². The Bertz CT molecular complexity index is 1010. The maximum atomic E-state index is 11.9. The number of nitrogens with zero attached hydrogens (tertiary/aromatic N) is 2. The molecule has 0 aliphatic carbocycles. The number of methoxy groups -OCH3 is 3. The second kappa shape index (κ2) is 11.5. The number of ether oxygens (including phenoxy) is 3. The molecule has 1 aliphatic heterocycles. The van der Waals surface area contributed by atoms with Gasteiger partial charge >= 0.3 is 0 Å². The van der Waals surface area contributed by atoms with Crippen LogP contribution >= 0.6 is 23.3 Å². The molecule has 0 atom stereocenters. The highest BCUT2D eigenvalue weighted by molar-refractivity contribution is 7.99. The highest BCUT2D eigenvalue weighted by Gasteiger charge is 2.26. The van der Waals surface area contributed by atoms with Crippen LogP contribution in [0.5, 0.6) is 5.75 Å². The summed E-state index contributed by atoms with van der Waals surface area (Å²) in [5.74, 6) is 0.805. The molecule has 176 valence electrons. The average Bonchev–Trinajstić information content (AvgIpc) is 3.19. The molecule has 0 saturated heterocycles. The minimum absolute atomic E-state index is 0.174. The zero-order valence-electron chi connectivity index (χ0n) is 18.4. The van der Waals surface area contributed by atoms with Crippen LogP contribution in [0, 0.1) is 0 Å². The van der Waals surface area contributed by atoms with Crippen molar-refractivity contribution < 1.29 is 22.6 Å². The molecule has 0 fully saturated rings. The Kier molecular flexibility index (Phi) is 9.00. The molecule has 1 aromatic heterocycles. The molecule has 1 aliphatic rings. The van der Waals surface area contributed by atoms with Crippen molar-refractivity contribution in [3.05, 3.63) is 47.2 Å². The fourth-order valence-electron chi connectivity index (χ4n) is 3.18. The van der Waals surface area contributed by atoms with E-state index in [2.05, 4.69) is 9.21 Å². The molecule has 11 heteroatoms. The number of benzene rings is 1. The lowest BCUT2D eigenvalue weighted by Gasteiger charge is -2.33. The molecule has 8 nitrogen and oxygen atoms in total. The van der Waals surface area contributed by atoms with Gasteiger partial charge in [-0.3, -0.25) is 4.90 Å². The SMILES string of the molecule is COCCN(CCOC)CC1=Cc2cc(S(N)(=O)=O)sc2SN1Cc1ccc(OC)cc1. The molecule has 0 radical (unpaired) electrons. The zero-order chi connectivity index (χ0) is 23.1. The van der Waals surface area contributed by atoms with Crippen molar-refractivity contribution in [1.29, 1.82) is 0 Å². The van der Waals surface area contributed by atoms with Crippen LogP contribution in [0.3, 0.4) is 0 Å². The van der Waals surface area contributed by atoms with E-state index in [9.17, 15) is 8.42 Å². The van der Waals surface area contributed by atoms with Gasteiger partial charge in [-0.05, 0) is 41.8 Å². The molecular weight excluding hydrogens is 470 g/mol. The first-order valence-corrected chi connectivity index (χ1v) is 13.1. The van der Waals surface area contributed by atoms with Crippen LogP contribution in [-0.2, 0) is 26.0 Å². The molecule has 32 heavy (non-hydrogen) atoms. The number of sulfonamides is 1. The van der Waals surface area contributed by atoms with Gasteiger partial charge in [-0.15, -0.1) is 11.3 Å². The summed E-state index contributed by atoms with van der Waals surface area (Å²) >= 11 is 2.74. The van der Waals surface area contributed by atoms with Gasteiger partial charge in [0.2, 0.25) is 10.0 Å². The normalized spacial score (nSPS) is 13.9. The minimum atomic E-state index is -3.75. The summed E-state index contributed by atoms with van der Waals surface area (Å²) in [4.78, 5) is 2.26. The molecule has 0 saturated carbocycles. The van der Waals surface area contributed by atoms with Crippen molar-refractivity contribution in [3.8, 4) is 5.75 Å². The Morgan fingerprint density at radius 3 is 2.28 bits per heavy atom. The molecule has 2 N–H and O–H groups in total. The summed E-state index contributed by atoms with van der Waals surface area (Å²) < 4.78 is 42.8. The van der Waals surface area contributed by atoms with E-state index in [1.54, 1.807) is 27.4 Å². The quantitative estimate of drug-likeness (QED) is 0.446. The summed E-state index contributed by atoms with van der Waals surface area (Å²) in [6.07, 6.45) is 2.05. The fraction of sp³-hybridized carbons (Fsp3) is 0.429. The van der Waals surface area contributed by atoms with Crippen molar-refractivity contribution >= 4 is 39.4 Å². The number of primary sulfonamides is 1. The first-order valence-electron chi connectivity index (χ1n) is 10.00. The Labute approximate surface area is 198 Å². The minimum Gasteiger partial charge on any atom is -0.497 e. The predicted molar refractivity (Wildman–Crippen MR) is 128 cm³/mol. The zero-order valence-corrected chi connectivity index (χ0v) is 20.9. The van der Waals surface area contributed by atoms with Crippen LogP contribution in [0.1, 0.15) is 11.1 Å². The predicted octanol–water partition coefficient (Wildman–Crippen LogP) is 2.86. The maximum Gasteiger partial charge on any atom is 0.247 e. The molecule has 0 spiro atoms. The number of nitrogens with two attached hydrogens (primary N) is 1. The third kappa shape index (κ3) is 6.70. The molecule has 1 aromatic carbocycles. The standard InChI is InChI=1S/C21H29N3O5S3/c1-27-10-8-23(9-11-28-2)15-18-12-17-13-20(32(22,25)26)30-21(17)31-24(18)14-16-4-6-19(29-3)7-5-16/h4-7,12-13H,8-11,14-15H2,1-3H3,(H2,22,25,26). The van der Waals surface area contributed by atoms with Gasteiger partial charge in [0.25, 0.3) is 0 Å². The van der Waals surface area contributed by atoms with Crippen LogP contribution in [0.15, 0.2) is 44.4 Å². The van der Waals surface area contributed by atoms with Crippen molar-refractivity contribution in [3.63, 3.8) is 0 Å². The van der Waals surface area contributed by atoms with Crippen LogP contribution in [0.25, 0.3) is 6.08 Å². The highest BCUT2D eigenvalue weighted by Crippen LogP contribution is 2.43. The van der Waals surface area contributed by atoms with E-state index in [1.165, 1.54) is 23.3 Å². The second-order valence-electron chi connectivity index (χ2n) is 7.23. The summed E-state index contributed by atoms with van der Waals surface area (Å²) in [5.41, 5.74) is 3.07. The van der Waals surface area contributed by atoms with E-state index in [1.807, 2.05) is 30.3 Å². The second-order valence-corrected chi connectivity index (χ2v) is 11.4. The Balaban J connectivity index is 1.88. The van der Waals surface area contributed by atoms with Gasteiger partial charge in [-0.2, -0.15) is 0 Å². The number of hydrogen-bond donors (Lipinski definition) is 1. The lowest BCUT2D eigenvalue weighted by Crippen LogP contribution is -2.35. The number of rotatable bonds is 12. The van der Waals surface area contributed by atoms with Gasteiger partial charge in [0.05, 0.1) is 31.1 Å². The fourth-order valence-corrected chi connectivity index (χ4v) is 6.50. The monoisotopic (exact) mass is 499 g/mol. The largest absolute Gasteiger partial charge is 0.497 e. The van der Waals surface area contributed by atoms with E-state index in [-0.39, 0.29) is 4.21 Å². The topological polar surface area (TPSA) is 94.3 Å². The number of fused-ring (bicyclic) bond motifs is 1. The van der Waals surface area contributed by atoms with Gasteiger partial charge < -0.3 is 18.5 Å². The lowest BCUT2D eigenvalue weighted by molar-refractivity contribution is 0.117.